The molecule has 0 heterocycles. The predicted octanol–water partition coefficient (Wildman–Crippen LogP) is 6.55. The standard InChI is InChI=1S/C25H24BrClN2O4/c1-3-14-32-22-13-8-17(26)15-20(22)25(31)29-19-11-9-18(10-12-19)28-24(30)16(2)33-23-7-5-4-6-21(23)27/h4-13,15-16H,3,14H2,1-2H3,(H,28,30)(H,29,31). The predicted molar refractivity (Wildman–Crippen MR) is 134 cm³/mol. The van der Waals surface area contributed by atoms with Gasteiger partial charge in [0.15, 0.2) is 6.10 Å². The van der Waals surface area contributed by atoms with Crippen molar-refractivity contribution in [2.24, 2.45) is 0 Å². The molecule has 2 N–H and O–H groups in total. The monoisotopic (exact) mass is 530 g/mol. The highest BCUT2D eigenvalue weighted by Gasteiger charge is 2.17. The number of hydrogen-bond acceptors (Lipinski definition) is 4. The Morgan fingerprint density at radius 3 is 2.30 bits per heavy atom. The van der Waals surface area contributed by atoms with Gasteiger partial charge in [0.1, 0.15) is 11.5 Å². The third-order valence-corrected chi connectivity index (χ3v) is 5.37. The average Bonchev–Trinajstić information content (AvgIpc) is 2.80. The van der Waals surface area contributed by atoms with Crippen LogP contribution >= 0.6 is 27.5 Å². The van der Waals surface area contributed by atoms with Crippen molar-refractivity contribution in [3.8, 4) is 11.5 Å². The van der Waals surface area contributed by atoms with Gasteiger partial charge in [-0.05, 0) is 67.9 Å². The third kappa shape index (κ3) is 6.97. The molecule has 0 aliphatic heterocycles. The van der Waals surface area contributed by atoms with Gasteiger partial charge in [-0.3, -0.25) is 9.59 Å². The molecule has 172 valence electrons. The van der Waals surface area contributed by atoms with Crippen molar-refractivity contribution in [3.05, 3.63) is 81.8 Å². The number of rotatable bonds is 9. The number of halogens is 2. The zero-order valence-corrected chi connectivity index (χ0v) is 20.6. The zero-order chi connectivity index (χ0) is 23.8. The number of hydrogen-bond donors (Lipinski definition) is 2. The van der Waals surface area contributed by atoms with Gasteiger partial charge in [0.2, 0.25) is 0 Å². The van der Waals surface area contributed by atoms with Gasteiger partial charge in [0.05, 0.1) is 17.2 Å². The SMILES string of the molecule is CCCOc1ccc(Br)cc1C(=O)Nc1ccc(NC(=O)C(C)Oc2ccccc2Cl)cc1. The fourth-order valence-electron chi connectivity index (χ4n) is 2.88. The molecule has 3 rings (SSSR count). The van der Waals surface area contributed by atoms with E-state index in [2.05, 4.69) is 26.6 Å². The second kappa shape index (κ2) is 11.7. The molecule has 33 heavy (non-hydrogen) atoms. The Hall–Kier alpha value is -3.03. The Kier molecular flexibility index (Phi) is 8.74. The minimum Gasteiger partial charge on any atom is -0.493 e. The summed E-state index contributed by atoms with van der Waals surface area (Å²) in [6, 6.07) is 19.1. The van der Waals surface area contributed by atoms with Crippen LogP contribution in [0.3, 0.4) is 0 Å². The highest BCUT2D eigenvalue weighted by atomic mass is 79.9. The molecule has 2 amide bonds. The number of anilines is 2. The minimum absolute atomic E-state index is 0.291. The number of amides is 2. The summed E-state index contributed by atoms with van der Waals surface area (Å²) in [5, 5.41) is 6.08. The molecular formula is C25H24BrClN2O4. The summed E-state index contributed by atoms with van der Waals surface area (Å²) >= 11 is 9.47. The summed E-state index contributed by atoms with van der Waals surface area (Å²) < 4.78 is 12.1. The van der Waals surface area contributed by atoms with Crippen LogP contribution in [0.2, 0.25) is 5.02 Å². The summed E-state index contributed by atoms with van der Waals surface area (Å²) in [6.45, 7) is 4.17. The number of ether oxygens (including phenoxy) is 2. The second-order valence-electron chi connectivity index (χ2n) is 7.20. The van der Waals surface area contributed by atoms with Crippen LogP contribution < -0.4 is 20.1 Å². The lowest BCUT2D eigenvalue weighted by atomic mass is 10.1. The van der Waals surface area contributed by atoms with E-state index in [0.29, 0.717) is 40.1 Å². The van der Waals surface area contributed by atoms with Crippen molar-refractivity contribution < 1.29 is 19.1 Å². The van der Waals surface area contributed by atoms with Crippen molar-refractivity contribution in [2.75, 3.05) is 17.2 Å². The highest BCUT2D eigenvalue weighted by molar-refractivity contribution is 9.10. The molecular weight excluding hydrogens is 508 g/mol. The van der Waals surface area contributed by atoms with Gasteiger partial charge in [0.25, 0.3) is 11.8 Å². The van der Waals surface area contributed by atoms with Gasteiger partial charge in [-0.1, -0.05) is 46.6 Å². The van der Waals surface area contributed by atoms with E-state index in [-0.39, 0.29) is 11.8 Å². The van der Waals surface area contributed by atoms with Crippen molar-refractivity contribution in [3.63, 3.8) is 0 Å². The smallest absolute Gasteiger partial charge is 0.265 e. The topological polar surface area (TPSA) is 76.7 Å². The van der Waals surface area contributed by atoms with Crippen molar-refractivity contribution in [1.29, 1.82) is 0 Å². The summed E-state index contributed by atoms with van der Waals surface area (Å²) in [6.07, 6.45) is 0.0918. The summed E-state index contributed by atoms with van der Waals surface area (Å²) in [7, 11) is 0. The molecule has 0 aromatic heterocycles. The van der Waals surface area contributed by atoms with E-state index in [9.17, 15) is 9.59 Å². The molecule has 0 aliphatic rings. The molecule has 0 bridgehead atoms. The Bertz CT molecular complexity index is 1120. The van der Waals surface area contributed by atoms with Crippen LogP contribution in [0.25, 0.3) is 0 Å². The second-order valence-corrected chi connectivity index (χ2v) is 8.52. The van der Waals surface area contributed by atoms with Crippen LogP contribution in [0.15, 0.2) is 71.2 Å². The summed E-state index contributed by atoms with van der Waals surface area (Å²) in [4.78, 5) is 25.3. The lowest BCUT2D eigenvalue weighted by Crippen LogP contribution is -2.30. The van der Waals surface area contributed by atoms with E-state index < -0.39 is 6.10 Å². The average molecular weight is 532 g/mol. The summed E-state index contributed by atoms with van der Waals surface area (Å²) in [5.74, 6) is 0.350. The quantitative estimate of drug-likeness (QED) is 0.328. The Morgan fingerprint density at radius 2 is 1.64 bits per heavy atom. The Balaban J connectivity index is 1.61. The fraction of sp³-hybridized carbons (Fsp3) is 0.200. The van der Waals surface area contributed by atoms with E-state index in [1.54, 1.807) is 67.6 Å². The maximum atomic E-state index is 12.8. The molecule has 0 radical (unpaired) electrons. The number of benzene rings is 3. The number of carbonyl (C=O) groups excluding carboxylic acids is 2. The van der Waals surface area contributed by atoms with E-state index in [4.69, 9.17) is 21.1 Å². The molecule has 1 unspecified atom stereocenters. The minimum atomic E-state index is -0.748. The molecule has 0 fully saturated rings. The maximum absolute atomic E-state index is 12.8. The van der Waals surface area contributed by atoms with E-state index >= 15 is 0 Å². The maximum Gasteiger partial charge on any atom is 0.265 e. The van der Waals surface area contributed by atoms with Crippen LogP contribution in [0.5, 0.6) is 11.5 Å². The lowest BCUT2D eigenvalue weighted by molar-refractivity contribution is -0.122. The van der Waals surface area contributed by atoms with Gasteiger partial charge in [0, 0.05) is 15.8 Å². The molecule has 3 aromatic rings. The largest absolute Gasteiger partial charge is 0.493 e. The molecule has 3 aromatic carbocycles. The number of nitrogens with one attached hydrogen (secondary N) is 2. The molecule has 1 atom stereocenters. The molecule has 6 nitrogen and oxygen atoms in total. The zero-order valence-electron chi connectivity index (χ0n) is 18.2. The Morgan fingerprint density at radius 1 is 0.970 bits per heavy atom. The fourth-order valence-corrected chi connectivity index (χ4v) is 3.42. The molecule has 0 saturated heterocycles. The van der Waals surface area contributed by atoms with Crippen LogP contribution in [0.4, 0.5) is 11.4 Å². The van der Waals surface area contributed by atoms with Crippen molar-refractivity contribution >= 4 is 50.7 Å². The lowest BCUT2D eigenvalue weighted by Gasteiger charge is -2.16. The first-order valence-corrected chi connectivity index (χ1v) is 11.6. The molecule has 8 heteroatoms. The van der Waals surface area contributed by atoms with Crippen LogP contribution in [-0.4, -0.2) is 24.5 Å². The van der Waals surface area contributed by atoms with Crippen LogP contribution in [-0.2, 0) is 4.79 Å². The van der Waals surface area contributed by atoms with E-state index in [0.717, 1.165) is 10.9 Å². The van der Waals surface area contributed by atoms with Crippen molar-refractivity contribution in [2.45, 2.75) is 26.4 Å². The summed E-state index contributed by atoms with van der Waals surface area (Å²) in [5.41, 5.74) is 1.59. The normalized spacial score (nSPS) is 11.4. The first-order chi connectivity index (χ1) is 15.9. The van der Waals surface area contributed by atoms with E-state index in [1.807, 2.05) is 13.0 Å². The van der Waals surface area contributed by atoms with Crippen LogP contribution in [0, 0.1) is 0 Å². The van der Waals surface area contributed by atoms with Gasteiger partial charge in [-0.15, -0.1) is 0 Å². The van der Waals surface area contributed by atoms with Gasteiger partial charge < -0.3 is 20.1 Å². The van der Waals surface area contributed by atoms with Crippen molar-refractivity contribution in [1.82, 2.24) is 0 Å². The van der Waals surface area contributed by atoms with E-state index in [1.165, 1.54) is 0 Å². The molecule has 0 aliphatic carbocycles. The first-order valence-electron chi connectivity index (χ1n) is 10.4. The first kappa shape index (κ1) is 24.6. The van der Waals surface area contributed by atoms with Gasteiger partial charge in [-0.25, -0.2) is 0 Å². The number of para-hydroxylation sites is 1. The molecule has 0 saturated carbocycles. The highest BCUT2D eigenvalue weighted by Crippen LogP contribution is 2.26. The van der Waals surface area contributed by atoms with Gasteiger partial charge in [-0.2, -0.15) is 0 Å². The Labute approximate surface area is 206 Å². The third-order valence-electron chi connectivity index (χ3n) is 4.57. The van der Waals surface area contributed by atoms with Crippen LogP contribution in [0.1, 0.15) is 30.6 Å². The molecule has 0 spiro atoms. The van der Waals surface area contributed by atoms with Gasteiger partial charge >= 0.3 is 0 Å². The number of carbonyl (C=O) groups is 2.